The standard InChI is InChI=1S/C15H13F2NO2/c1-10-6-7-11(8-13(10)17)20-9-15(19)18-14-5-3-2-4-12(14)16/h2-8H,9H2,1H3,(H,18,19). The smallest absolute Gasteiger partial charge is 0.262 e. The molecule has 0 radical (unpaired) electrons. The highest BCUT2D eigenvalue weighted by molar-refractivity contribution is 5.91. The van der Waals surface area contributed by atoms with Gasteiger partial charge in [-0.1, -0.05) is 18.2 Å². The van der Waals surface area contributed by atoms with E-state index in [0.717, 1.165) is 0 Å². The van der Waals surface area contributed by atoms with Crippen LogP contribution in [0.1, 0.15) is 5.56 Å². The maximum Gasteiger partial charge on any atom is 0.262 e. The van der Waals surface area contributed by atoms with E-state index in [9.17, 15) is 13.6 Å². The average Bonchev–Trinajstić information content (AvgIpc) is 2.43. The summed E-state index contributed by atoms with van der Waals surface area (Å²) in [5.74, 6) is -1.20. The molecule has 3 nitrogen and oxygen atoms in total. The first-order valence-corrected chi connectivity index (χ1v) is 5.99. The van der Waals surface area contributed by atoms with Crippen LogP contribution >= 0.6 is 0 Å². The second-order valence-electron chi connectivity index (χ2n) is 4.23. The van der Waals surface area contributed by atoms with Crippen LogP contribution < -0.4 is 10.1 Å². The molecule has 1 amide bonds. The highest BCUT2D eigenvalue weighted by Gasteiger charge is 2.07. The summed E-state index contributed by atoms with van der Waals surface area (Å²) >= 11 is 0. The Morgan fingerprint density at radius 1 is 1.15 bits per heavy atom. The van der Waals surface area contributed by atoms with Gasteiger partial charge in [0.25, 0.3) is 5.91 Å². The Hall–Kier alpha value is -2.43. The van der Waals surface area contributed by atoms with Gasteiger partial charge in [-0.05, 0) is 30.7 Å². The van der Waals surface area contributed by atoms with Gasteiger partial charge < -0.3 is 10.1 Å². The first-order valence-electron chi connectivity index (χ1n) is 5.99. The minimum Gasteiger partial charge on any atom is -0.484 e. The van der Waals surface area contributed by atoms with Gasteiger partial charge in [0.05, 0.1) is 5.69 Å². The van der Waals surface area contributed by atoms with Gasteiger partial charge >= 0.3 is 0 Å². The molecule has 2 aromatic carbocycles. The number of anilines is 1. The molecule has 0 aliphatic rings. The lowest BCUT2D eigenvalue weighted by Gasteiger charge is -2.08. The van der Waals surface area contributed by atoms with Crippen molar-refractivity contribution in [2.24, 2.45) is 0 Å². The summed E-state index contributed by atoms with van der Waals surface area (Å²) in [5.41, 5.74) is 0.573. The molecule has 0 aliphatic carbocycles. The van der Waals surface area contributed by atoms with Crippen molar-refractivity contribution >= 4 is 11.6 Å². The summed E-state index contributed by atoms with van der Waals surface area (Å²) in [7, 11) is 0. The molecule has 0 atom stereocenters. The minimum atomic E-state index is -0.526. The van der Waals surface area contributed by atoms with Crippen LogP contribution in [0.2, 0.25) is 0 Å². The molecular formula is C15H13F2NO2. The Bertz CT molecular complexity index is 629. The molecule has 2 aromatic rings. The number of carbonyl (C=O) groups is 1. The van der Waals surface area contributed by atoms with Crippen LogP contribution in [0.5, 0.6) is 5.75 Å². The molecule has 0 aliphatic heterocycles. The Kier molecular flexibility index (Phi) is 4.30. The number of para-hydroxylation sites is 1. The lowest BCUT2D eigenvalue weighted by molar-refractivity contribution is -0.118. The van der Waals surface area contributed by atoms with Crippen molar-refractivity contribution in [3.8, 4) is 5.75 Å². The van der Waals surface area contributed by atoms with E-state index in [-0.39, 0.29) is 18.0 Å². The topological polar surface area (TPSA) is 38.3 Å². The Morgan fingerprint density at radius 2 is 1.90 bits per heavy atom. The number of aryl methyl sites for hydroxylation is 1. The van der Waals surface area contributed by atoms with Gasteiger partial charge in [0.15, 0.2) is 6.61 Å². The van der Waals surface area contributed by atoms with E-state index in [1.165, 1.54) is 24.3 Å². The molecule has 1 N–H and O–H groups in total. The molecule has 2 rings (SSSR count). The molecule has 104 valence electrons. The van der Waals surface area contributed by atoms with Gasteiger partial charge in [0, 0.05) is 6.07 Å². The highest BCUT2D eigenvalue weighted by atomic mass is 19.1. The molecule has 0 spiro atoms. The maximum absolute atomic E-state index is 13.3. The quantitative estimate of drug-likeness (QED) is 0.931. The van der Waals surface area contributed by atoms with Crippen molar-refractivity contribution in [1.29, 1.82) is 0 Å². The third kappa shape index (κ3) is 3.54. The number of hydrogen-bond acceptors (Lipinski definition) is 2. The molecule has 0 aromatic heterocycles. The first-order chi connectivity index (χ1) is 9.56. The predicted octanol–water partition coefficient (Wildman–Crippen LogP) is 3.29. The SMILES string of the molecule is Cc1ccc(OCC(=O)Nc2ccccc2F)cc1F. The second kappa shape index (κ2) is 6.14. The predicted molar refractivity (Wildman–Crippen MR) is 71.7 cm³/mol. The molecule has 5 heteroatoms. The molecule has 20 heavy (non-hydrogen) atoms. The van der Waals surface area contributed by atoms with Gasteiger partial charge in [-0.2, -0.15) is 0 Å². The highest BCUT2D eigenvalue weighted by Crippen LogP contribution is 2.16. The maximum atomic E-state index is 13.3. The summed E-state index contributed by atoms with van der Waals surface area (Å²) < 4.78 is 31.7. The lowest BCUT2D eigenvalue weighted by atomic mass is 10.2. The van der Waals surface area contributed by atoms with E-state index in [0.29, 0.717) is 5.56 Å². The van der Waals surface area contributed by atoms with E-state index in [2.05, 4.69) is 5.32 Å². The van der Waals surface area contributed by atoms with Crippen molar-refractivity contribution in [3.63, 3.8) is 0 Å². The Morgan fingerprint density at radius 3 is 2.60 bits per heavy atom. The Balaban J connectivity index is 1.92. The average molecular weight is 277 g/mol. The molecule has 0 unspecified atom stereocenters. The normalized spacial score (nSPS) is 10.2. The van der Waals surface area contributed by atoms with Crippen LogP contribution in [-0.4, -0.2) is 12.5 Å². The van der Waals surface area contributed by atoms with E-state index in [1.54, 1.807) is 25.1 Å². The molecule has 0 saturated heterocycles. The fourth-order valence-corrected chi connectivity index (χ4v) is 1.56. The van der Waals surface area contributed by atoms with E-state index in [1.807, 2.05) is 0 Å². The molecule has 0 saturated carbocycles. The summed E-state index contributed by atoms with van der Waals surface area (Å²) in [6, 6.07) is 10.1. The number of ether oxygens (including phenoxy) is 1. The molecule has 0 fully saturated rings. The number of benzene rings is 2. The number of rotatable bonds is 4. The molecular weight excluding hydrogens is 264 g/mol. The monoisotopic (exact) mass is 277 g/mol. The van der Waals surface area contributed by atoms with E-state index in [4.69, 9.17) is 4.74 Å². The number of carbonyl (C=O) groups excluding carboxylic acids is 1. The van der Waals surface area contributed by atoms with Crippen LogP contribution in [0.3, 0.4) is 0 Å². The summed E-state index contributed by atoms with van der Waals surface area (Å²) in [6.45, 7) is 1.31. The number of amides is 1. The van der Waals surface area contributed by atoms with Crippen molar-refractivity contribution in [2.75, 3.05) is 11.9 Å². The zero-order chi connectivity index (χ0) is 14.5. The zero-order valence-corrected chi connectivity index (χ0v) is 10.8. The largest absolute Gasteiger partial charge is 0.484 e. The van der Waals surface area contributed by atoms with Crippen LogP contribution in [0.25, 0.3) is 0 Å². The van der Waals surface area contributed by atoms with Gasteiger partial charge in [-0.15, -0.1) is 0 Å². The summed E-state index contributed by atoms with van der Waals surface area (Å²) in [6.07, 6.45) is 0. The first kappa shape index (κ1) is 14.0. The van der Waals surface area contributed by atoms with Crippen molar-refractivity contribution < 1.29 is 18.3 Å². The summed E-state index contributed by atoms with van der Waals surface area (Å²) in [5, 5.41) is 2.37. The van der Waals surface area contributed by atoms with Crippen LogP contribution in [0.15, 0.2) is 42.5 Å². The Labute approximate surface area is 115 Å². The second-order valence-corrected chi connectivity index (χ2v) is 4.23. The van der Waals surface area contributed by atoms with E-state index >= 15 is 0 Å². The zero-order valence-electron chi connectivity index (χ0n) is 10.8. The number of nitrogens with one attached hydrogen (secondary N) is 1. The number of halogens is 2. The van der Waals surface area contributed by atoms with Gasteiger partial charge in [0.2, 0.25) is 0 Å². The van der Waals surface area contributed by atoms with Crippen molar-refractivity contribution in [2.45, 2.75) is 6.92 Å². The van der Waals surface area contributed by atoms with Crippen molar-refractivity contribution in [3.05, 3.63) is 59.7 Å². The lowest BCUT2D eigenvalue weighted by Crippen LogP contribution is -2.20. The van der Waals surface area contributed by atoms with E-state index < -0.39 is 17.5 Å². The fraction of sp³-hybridized carbons (Fsp3) is 0.133. The van der Waals surface area contributed by atoms with Crippen molar-refractivity contribution in [1.82, 2.24) is 0 Å². The molecule has 0 heterocycles. The minimum absolute atomic E-state index is 0.0798. The summed E-state index contributed by atoms with van der Waals surface area (Å²) in [4.78, 5) is 11.6. The third-order valence-corrected chi connectivity index (χ3v) is 2.66. The van der Waals surface area contributed by atoms with Gasteiger partial charge in [-0.3, -0.25) is 4.79 Å². The van der Waals surface area contributed by atoms with Gasteiger partial charge in [-0.25, -0.2) is 8.78 Å². The number of hydrogen-bond donors (Lipinski definition) is 1. The van der Waals surface area contributed by atoms with Crippen LogP contribution in [-0.2, 0) is 4.79 Å². The third-order valence-electron chi connectivity index (χ3n) is 2.66. The molecule has 0 bridgehead atoms. The van der Waals surface area contributed by atoms with Crippen LogP contribution in [0.4, 0.5) is 14.5 Å². The van der Waals surface area contributed by atoms with Crippen LogP contribution in [0, 0.1) is 18.6 Å². The van der Waals surface area contributed by atoms with Gasteiger partial charge in [0.1, 0.15) is 17.4 Å². The fourth-order valence-electron chi connectivity index (χ4n) is 1.56.